The van der Waals surface area contributed by atoms with Gasteiger partial charge in [-0.15, -0.1) is 0 Å². The Hall–Kier alpha value is -3.39. The maximum Gasteiger partial charge on any atom is 0.255 e. The van der Waals surface area contributed by atoms with Gasteiger partial charge in [-0.05, 0) is 65.3 Å². The smallest absolute Gasteiger partial charge is 0.255 e. The van der Waals surface area contributed by atoms with Crippen LogP contribution in [-0.4, -0.2) is 48.5 Å². The molecule has 2 aliphatic rings. The molecule has 3 aromatic heterocycles. The molecule has 2 aliphatic heterocycles. The topological polar surface area (TPSA) is 83.8 Å². The van der Waals surface area contributed by atoms with Crippen LogP contribution in [0.4, 0.5) is 5.95 Å². The molecule has 182 valence electrons. The van der Waals surface area contributed by atoms with Gasteiger partial charge in [0, 0.05) is 52.6 Å². The molecule has 2 N–H and O–H groups in total. The van der Waals surface area contributed by atoms with Crippen LogP contribution in [0.2, 0.25) is 0 Å². The Balaban J connectivity index is 1.44. The Bertz CT molecular complexity index is 1480. The highest BCUT2D eigenvalue weighted by Gasteiger charge is 2.43. The van der Waals surface area contributed by atoms with E-state index in [0.29, 0.717) is 18.3 Å². The molecule has 0 spiro atoms. The van der Waals surface area contributed by atoms with E-state index in [-0.39, 0.29) is 16.6 Å². The van der Waals surface area contributed by atoms with Crippen LogP contribution in [-0.2, 0) is 6.54 Å². The normalized spacial score (nSPS) is 19.6. The summed E-state index contributed by atoms with van der Waals surface area (Å²) in [5, 5.41) is 9.08. The molecule has 4 aromatic rings. The fourth-order valence-corrected chi connectivity index (χ4v) is 5.95. The SMILES string of the molecule is CC(C)(C)N1c2nc(-c3c[nH]c4ccc(-c5cnn([C@@H]6CCNC6)c5)cc34)cc(=O)n2CC1(C)C. The fraction of sp³-hybridized carbons (Fsp3) is 0.444. The van der Waals surface area contributed by atoms with Crippen LogP contribution in [0.3, 0.4) is 0 Å². The van der Waals surface area contributed by atoms with Crippen molar-refractivity contribution in [2.45, 2.75) is 64.7 Å². The number of anilines is 1. The Labute approximate surface area is 205 Å². The number of aromatic amines is 1. The van der Waals surface area contributed by atoms with Crippen LogP contribution in [0.1, 0.15) is 47.1 Å². The van der Waals surface area contributed by atoms with Crippen molar-refractivity contribution in [3.63, 3.8) is 0 Å². The molecule has 0 radical (unpaired) electrons. The van der Waals surface area contributed by atoms with Gasteiger partial charge in [0.15, 0.2) is 0 Å². The zero-order chi connectivity index (χ0) is 24.5. The van der Waals surface area contributed by atoms with Gasteiger partial charge in [0.25, 0.3) is 5.56 Å². The first-order chi connectivity index (χ1) is 16.6. The summed E-state index contributed by atoms with van der Waals surface area (Å²) in [6, 6.07) is 8.47. The van der Waals surface area contributed by atoms with Gasteiger partial charge in [-0.2, -0.15) is 5.10 Å². The zero-order valence-electron chi connectivity index (χ0n) is 21.1. The van der Waals surface area contributed by atoms with Crippen molar-refractivity contribution >= 4 is 16.9 Å². The number of nitrogens with zero attached hydrogens (tertiary/aromatic N) is 5. The summed E-state index contributed by atoms with van der Waals surface area (Å²) in [7, 11) is 0. The highest BCUT2D eigenvalue weighted by molar-refractivity contribution is 5.97. The lowest BCUT2D eigenvalue weighted by atomic mass is 9.97. The van der Waals surface area contributed by atoms with E-state index in [4.69, 9.17) is 4.98 Å². The van der Waals surface area contributed by atoms with Crippen molar-refractivity contribution in [1.29, 1.82) is 0 Å². The van der Waals surface area contributed by atoms with Gasteiger partial charge in [-0.3, -0.25) is 14.0 Å². The van der Waals surface area contributed by atoms with Crippen LogP contribution in [0.25, 0.3) is 33.3 Å². The Morgan fingerprint density at radius 3 is 2.71 bits per heavy atom. The predicted molar refractivity (Wildman–Crippen MR) is 140 cm³/mol. The van der Waals surface area contributed by atoms with E-state index >= 15 is 0 Å². The van der Waals surface area contributed by atoms with E-state index in [1.54, 1.807) is 10.6 Å². The first kappa shape index (κ1) is 22.1. The van der Waals surface area contributed by atoms with Gasteiger partial charge < -0.3 is 15.2 Å². The quantitative estimate of drug-likeness (QED) is 0.468. The molecule has 1 atom stereocenters. The third-order valence-electron chi connectivity index (χ3n) is 7.31. The van der Waals surface area contributed by atoms with Crippen LogP contribution in [0.5, 0.6) is 0 Å². The van der Waals surface area contributed by atoms with Gasteiger partial charge in [-0.25, -0.2) is 4.98 Å². The minimum atomic E-state index is -0.196. The summed E-state index contributed by atoms with van der Waals surface area (Å²) in [5.74, 6) is 0.738. The lowest BCUT2D eigenvalue weighted by molar-refractivity contribution is 0.363. The van der Waals surface area contributed by atoms with E-state index in [0.717, 1.165) is 53.1 Å². The Morgan fingerprint density at radius 1 is 1.14 bits per heavy atom. The number of hydrogen-bond donors (Lipinski definition) is 2. The number of hydrogen-bond acceptors (Lipinski definition) is 5. The molecule has 0 aliphatic carbocycles. The average molecular weight is 472 g/mol. The summed E-state index contributed by atoms with van der Waals surface area (Å²) in [5.41, 5.74) is 4.48. The van der Waals surface area contributed by atoms with Gasteiger partial charge in [-0.1, -0.05) is 6.07 Å². The van der Waals surface area contributed by atoms with E-state index in [9.17, 15) is 4.79 Å². The minimum absolute atomic E-state index is 0.0122. The molecule has 8 heteroatoms. The third kappa shape index (κ3) is 3.58. The number of benzene rings is 1. The summed E-state index contributed by atoms with van der Waals surface area (Å²) in [4.78, 5) is 23.9. The predicted octanol–water partition coefficient (Wildman–Crippen LogP) is 4.19. The van der Waals surface area contributed by atoms with Gasteiger partial charge in [0.1, 0.15) is 0 Å². The van der Waals surface area contributed by atoms with Crippen molar-refractivity contribution in [3.05, 3.63) is 53.2 Å². The summed E-state index contributed by atoms with van der Waals surface area (Å²) in [6.07, 6.45) is 7.14. The maximum absolute atomic E-state index is 13.2. The van der Waals surface area contributed by atoms with Gasteiger partial charge in [0.2, 0.25) is 5.95 Å². The van der Waals surface area contributed by atoms with Crippen molar-refractivity contribution in [2.24, 2.45) is 0 Å². The average Bonchev–Trinajstić information content (AvgIpc) is 3.56. The Kier molecular flexibility index (Phi) is 4.77. The monoisotopic (exact) mass is 471 g/mol. The highest BCUT2D eigenvalue weighted by Crippen LogP contribution is 2.39. The summed E-state index contributed by atoms with van der Waals surface area (Å²) < 4.78 is 3.88. The van der Waals surface area contributed by atoms with E-state index < -0.39 is 0 Å². The number of nitrogens with one attached hydrogen (secondary N) is 2. The van der Waals surface area contributed by atoms with Crippen LogP contribution >= 0.6 is 0 Å². The molecule has 1 aromatic carbocycles. The van der Waals surface area contributed by atoms with Crippen LogP contribution in [0, 0.1) is 0 Å². The molecule has 0 bridgehead atoms. The number of rotatable bonds is 3. The van der Waals surface area contributed by atoms with Crippen molar-refractivity contribution < 1.29 is 0 Å². The lowest BCUT2D eigenvalue weighted by Gasteiger charge is -2.42. The van der Waals surface area contributed by atoms with Crippen molar-refractivity contribution in [2.75, 3.05) is 18.0 Å². The fourth-order valence-electron chi connectivity index (χ4n) is 5.95. The Morgan fingerprint density at radius 2 is 1.97 bits per heavy atom. The van der Waals surface area contributed by atoms with E-state index in [1.807, 2.05) is 12.4 Å². The third-order valence-corrected chi connectivity index (χ3v) is 7.31. The molecule has 0 saturated carbocycles. The summed E-state index contributed by atoms with van der Waals surface area (Å²) >= 11 is 0. The number of fused-ring (bicyclic) bond motifs is 2. The minimum Gasteiger partial charge on any atom is -0.360 e. The molecule has 5 heterocycles. The second kappa shape index (κ2) is 7.55. The first-order valence-electron chi connectivity index (χ1n) is 12.4. The molecule has 0 amide bonds. The number of aromatic nitrogens is 5. The second-order valence-electron chi connectivity index (χ2n) is 11.5. The van der Waals surface area contributed by atoms with E-state index in [2.05, 4.69) is 84.0 Å². The first-order valence-corrected chi connectivity index (χ1v) is 12.4. The highest BCUT2D eigenvalue weighted by atomic mass is 16.1. The van der Waals surface area contributed by atoms with Gasteiger partial charge >= 0.3 is 0 Å². The molecule has 35 heavy (non-hydrogen) atoms. The van der Waals surface area contributed by atoms with E-state index in [1.165, 1.54) is 0 Å². The zero-order valence-corrected chi connectivity index (χ0v) is 21.1. The molecule has 8 nitrogen and oxygen atoms in total. The molecular weight excluding hydrogens is 438 g/mol. The largest absolute Gasteiger partial charge is 0.360 e. The second-order valence-corrected chi connectivity index (χ2v) is 11.5. The standard InChI is InChI=1S/C27H33N7O/c1-26(2,3)34-25-31-23(11-24(35)32(25)16-27(34,4)5)21-14-29-22-7-6-17(10-20(21)22)18-12-30-33(15-18)19-8-9-28-13-19/h6-7,10-12,14-15,19,28-29H,8-9,13,16H2,1-5H3/t19-/m1/s1. The molecule has 1 saturated heterocycles. The van der Waals surface area contributed by atoms with Crippen molar-refractivity contribution in [3.8, 4) is 22.4 Å². The maximum atomic E-state index is 13.2. The van der Waals surface area contributed by atoms with Crippen LogP contribution < -0.4 is 15.8 Å². The van der Waals surface area contributed by atoms with Crippen LogP contribution in [0.15, 0.2) is 47.7 Å². The lowest BCUT2D eigenvalue weighted by Crippen LogP contribution is -2.52. The summed E-state index contributed by atoms with van der Waals surface area (Å²) in [6.45, 7) is 13.5. The van der Waals surface area contributed by atoms with Gasteiger partial charge in [0.05, 0.1) is 30.0 Å². The molecule has 0 unspecified atom stereocenters. The molecule has 1 fully saturated rings. The molecule has 6 rings (SSSR count). The van der Waals surface area contributed by atoms with Crippen molar-refractivity contribution in [1.82, 2.24) is 29.6 Å². The number of H-pyrrole nitrogens is 1. The molecular formula is C27H33N7O.